The molecule has 0 N–H and O–H groups in total. The highest BCUT2D eigenvalue weighted by atomic mass is 19.1. The maximum absolute atomic E-state index is 13.6. The molecule has 1 aromatic rings. The molecule has 0 fully saturated rings. The lowest BCUT2D eigenvalue weighted by molar-refractivity contribution is -0.140. The van der Waals surface area contributed by atoms with Crippen LogP contribution in [0.15, 0.2) is 24.3 Å². The van der Waals surface area contributed by atoms with Gasteiger partial charge in [0.2, 0.25) is 0 Å². The van der Waals surface area contributed by atoms with E-state index in [4.69, 9.17) is 0 Å². The van der Waals surface area contributed by atoms with E-state index in [0.717, 1.165) is 12.8 Å². The highest BCUT2D eigenvalue weighted by Crippen LogP contribution is 2.11. The van der Waals surface area contributed by atoms with Gasteiger partial charge >= 0.3 is 5.97 Å². The average molecular weight is 281 g/mol. The number of halogens is 1. The second kappa shape index (κ2) is 8.30. The van der Waals surface area contributed by atoms with E-state index >= 15 is 0 Å². The third-order valence-electron chi connectivity index (χ3n) is 2.99. The van der Waals surface area contributed by atoms with Crippen molar-refractivity contribution in [1.29, 1.82) is 0 Å². The number of amides is 1. The van der Waals surface area contributed by atoms with Gasteiger partial charge in [-0.1, -0.05) is 25.5 Å². The summed E-state index contributed by atoms with van der Waals surface area (Å²) < 4.78 is 18.2. The van der Waals surface area contributed by atoms with Crippen molar-refractivity contribution < 1.29 is 18.7 Å². The van der Waals surface area contributed by atoms with Crippen molar-refractivity contribution in [3.63, 3.8) is 0 Å². The predicted molar refractivity (Wildman–Crippen MR) is 73.8 cm³/mol. The molecule has 0 aliphatic heterocycles. The first kappa shape index (κ1) is 16.1. The molecule has 0 heterocycles. The van der Waals surface area contributed by atoms with Gasteiger partial charge < -0.3 is 9.64 Å². The Hall–Kier alpha value is -1.91. The van der Waals surface area contributed by atoms with Crippen molar-refractivity contribution in [2.24, 2.45) is 0 Å². The summed E-state index contributed by atoms with van der Waals surface area (Å²) in [6.45, 7) is 2.74. The Labute approximate surface area is 118 Å². The summed E-state index contributed by atoms with van der Waals surface area (Å²) in [4.78, 5) is 25.0. The van der Waals surface area contributed by atoms with Crippen molar-refractivity contribution in [2.45, 2.75) is 26.2 Å². The summed E-state index contributed by atoms with van der Waals surface area (Å²) in [7, 11) is 1.30. The van der Waals surface area contributed by atoms with E-state index in [-0.39, 0.29) is 30.4 Å². The van der Waals surface area contributed by atoms with Crippen LogP contribution in [0.4, 0.5) is 4.39 Å². The third kappa shape index (κ3) is 4.64. The molecule has 0 saturated heterocycles. The zero-order valence-electron chi connectivity index (χ0n) is 11.9. The summed E-state index contributed by atoms with van der Waals surface area (Å²) in [5.74, 6) is -1.31. The SMILES string of the molecule is CCCCN(CCC(=O)OC)C(=O)c1ccccc1F. The van der Waals surface area contributed by atoms with Crippen molar-refractivity contribution in [3.05, 3.63) is 35.6 Å². The molecule has 1 aromatic carbocycles. The lowest BCUT2D eigenvalue weighted by Crippen LogP contribution is -2.34. The van der Waals surface area contributed by atoms with Gasteiger partial charge in [-0.15, -0.1) is 0 Å². The molecular weight excluding hydrogens is 261 g/mol. The normalized spacial score (nSPS) is 10.2. The first-order chi connectivity index (χ1) is 9.60. The van der Waals surface area contributed by atoms with E-state index in [1.54, 1.807) is 6.07 Å². The molecule has 0 aromatic heterocycles. The van der Waals surface area contributed by atoms with Gasteiger partial charge in [-0.05, 0) is 18.6 Å². The molecule has 0 unspecified atom stereocenters. The maximum Gasteiger partial charge on any atom is 0.307 e. The summed E-state index contributed by atoms with van der Waals surface area (Å²) in [5, 5.41) is 0. The smallest absolute Gasteiger partial charge is 0.307 e. The summed E-state index contributed by atoms with van der Waals surface area (Å²) >= 11 is 0. The first-order valence-electron chi connectivity index (χ1n) is 6.70. The molecule has 0 spiro atoms. The molecule has 110 valence electrons. The van der Waals surface area contributed by atoms with E-state index in [2.05, 4.69) is 4.74 Å². The lowest BCUT2D eigenvalue weighted by atomic mass is 10.1. The Morgan fingerprint density at radius 1 is 1.25 bits per heavy atom. The summed E-state index contributed by atoms with van der Waals surface area (Å²) in [6.07, 6.45) is 1.83. The Balaban J connectivity index is 2.78. The Kier molecular flexibility index (Phi) is 6.70. The number of hydrogen-bond acceptors (Lipinski definition) is 3. The Morgan fingerprint density at radius 2 is 1.95 bits per heavy atom. The molecule has 0 aliphatic carbocycles. The Bertz CT molecular complexity index is 462. The fourth-order valence-corrected chi connectivity index (χ4v) is 1.80. The zero-order valence-corrected chi connectivity index (χ0v) is 11.9. The van der Waals surface area contributed by atoms with Crippen LogP contribution in [-0.2, 0) is 9.53 Å². The molecule has 0 radical (unpaired) electrons. The van der Waals surface area contributed by atoms with E-state index in [0.29, 0.717) is 6.54 Å². The molecule has 0 bridgehead atoms. The van der Waals surface area contributed by atoms with E-state index in [9.17, 15) is 14.0 Å². The van der Waals surface area contributed by atoms with Gasteiger partial charge in [-0.3, -0.25) is 9.59 Å². The second-order valence-electron chi connectivity index (χ2n) is 4.45. The molecule has 0 aliphatic rings. The molecule has 0 saturated carbocycles. The van der Waals surface area contributed by atoms with Crippen LogP contribution in [0.2, 0.25) is 0 Å². The molecule has 4 nitrogen and oxygen atoms in total. The van der Waals surface area contributed by atoms with Crippen LogP contribution in [0.3, 0.4) is 0 Å². The minimum atomic E-state index is -0.544. The molecular formula is C15H20FNO3. The van der Waals surface area contributed by atoms with Crippen LogP contribution in [0.1, 0.15) is 36.5 Å². The monoisotopic (exact) mass is 281 g/mol. The molecule has 20 heavy (non-hydrogen) atoms. The molecule has 1 rings (SSSR count). The van der Waals surface area contributed by atoms with Gasteiger partial charge in [0.05, 0.1) is 19.1 Å². The number of ether oxygens (including phenoxy) is 1. The van der Waals surface area contributed by atoms with Crippen LogP contribution in [-0.4, -0.2) is 37.0 Å². The van der Waals surface area contributed by atoms with Crippen LogP contribution in [0.25, 0.3) is 0 Å². The van der Waals surface area contributed by atoms with Crippen LogP contribution in [0.5, 0.6) is 0 Å². The van der Waals surface area contributed by atoms with Crippen molar-refractivity contribution in [2.75, 3.05) is 20.2 Å². The van der Waals surface area contributed by atoms with Crippen molar-refractivity contribution in [1.82, 2.24) is 4.90 Å². The predicted octanol–water partition coefficient (Wildman–Crippen LogP) is 2.63. The van der Waals surface area contributed by atoms with Crippen molar-refractivity contribution in [3.8, 4) is 0 Å². The minimum absolute atomic E-state index is 0.0356. The summed E-state index contributed by atoms with van der Waals surface area (Å²) in [6, 6.07) is 5.87. The first-order valence-corrected chi connectivity index (χ1v) is 6.70. The van der Waals surface area contributed by atoms with E-state index in [1.807, 2.05) is 6.92 Å². The number of unbranched alkanes of at least 4 members (excludes halogenated alkanes) is 1. The molecule has 0 atom stereocenters. The summed E-state index contributed by atoms with van der Waals surface area (Å²) in [5.41, 5.74) is 0.0356. The van der Waals surface area contributed by atoms with Crippen LogP contribution in [0, 0.1) is 5.82 Å². The van der Waals surface area contributed by atoms with Gasteiger partial charge in [-0.2, -0.15) is 0 Å². The van der Waals surface area contributed by atoms with Gasteiger partial charge in [0.1, 0.15) is 5.82 Å². The topological polar surface area (TPSA) is 46.6 Å². The van der Waals surface area contributed by atoms with E-state index in [1.165, 1.54) is 30.2 Å². The number of hydrogen-bond donors (Lipinski definition) is 0. The largest absolute Gasteiger partial charge is 0.469 e. The molecule has 5 heteroatoms. The zero-order chi connectivity index (χ0) is 15.0. The highest BCUT2D eigenvalue weighted by molar-refractivity contribution is 5.94. The van der Waals surface area contributed by atoms with E-state index < -0.39 is 5.82 Å². The van der Waals surface area contributed by atoms with Gasteiger partial charge in [0, 0.05) is 13.1 Å². The number of esters is 1. The fourth-order valence-electron chi connectivity index (χ4n) is 1.80. The number of nitrogens with zero attached hydrogens (tertiary/aromatic N) is 1. The fraction of sp³-hybridized carbons (Fsp3) is 0.467. The third-order valence-corrected chi connectivity index (χ3v) is 2.99. The lowest BCUT2D eigenvalue weighted by Gasteiger charge is -2.22. The Morgan fingerprint density at radius 3 is 2.55 bits per heavy atom. The number of carbonyl (C=O) groups is 2. The van der Waals surface area contributed by atoms with Gasteiger partial charge in [0.25, 0.3) is 5.91 Å². The maximum atomic E-state index is 13.6. The average Bonchev–Trinajstić information content (AvgIpc) is 2.47. The van der Waals surface area contributed by atoms with Gasteiger partial charge in [0.15, 0.2) is 0 Å². The minimum Gasteiger partial charge on any atom is -0.469 e. The van der Waals surface area contributed by atoms with Crippen LogP contribution < -0.4 is 0 Å². The number of rotatable bonds is 7. The van der Waals surface area contributed by atoms with Crippen LogP contribution >= 0.6 is 0 Å². The number of methoxy groups -OCH3 is 1. The quantitative estimate of drug-likeness (QED) is 0.722. The molecule has 1 amide bonds. The highest BCUT2D eigenvalue weighted by Gasteiger charge is 2.19. The standard InChI is InChI=1S/C15H20FNO3/c1-3-4-10-17(11-9-14(18)20-2)15(19)12-7-5-6-8-13(12)16/h5-8H,3-4,9-11H2,1-2H3. The van der Waals surface area contributed by atoms with Gasteiger partial charge in [-0.25, -0.2) is 4.39 Å². The number of carbonyl (C=O) groups excluding carboxylic acids is 2. The van der Waals surface area contributed by atoms with Crippen molar-refractivity contribution >= 4 is 11.9 Å². The second-order valence-corrected chi connectivity index (χ2v) is 4.45. The number of benzene rings is 1.